The summed E-state index contributed by atoms with van der Waals surface area (Å²) < 4.78 is 0. The van der Waals surface area contributed by atoms with E-state index in [1.165, 1.54) is 16.7 Å². The van der Waals surface area contributed by atoms with Crippen LogP contribution in [0.2, 0.25) is 5.02 Å². The van der Waals surface area contributed by atoms with E-state index in [1.807, 2.05) is 12.1 Å². The highest BCUT2D eigenvalue weighted by Gasteiger charge is 2.34. The van der Waals surface area contributed by atoms with Crippen LogP contribution in [0, 0.1) is 0 Å². The van der Waals surface area contributed by atoms with Gasteiger partial charge in [0.05, 0.1) is 22.2 Å². The number of aromatic nitrogens is 2. The predicted octanol–water partition coefficient (Wildman–Crippen LogP) is 3.60. The number of halogens is 1. The number of amides is 2. The van der Waals surface area contributed by atoms with Crippen LogP contribution in [-0.2, 0) is 0 Å². The summed E-state index contributed by atoms with van der Waals surface area (Å²) in [6.45, 7) is 0.342. The van der Waals surface area contributed by atoms with Gasteiger partial charge in [-0.2, -0.15) is 0 Å². The van der Waals surface area contributed by atoms with Gasteiger partial charge in [-0.25, -0.2) is 4.98 Å². The number of nitrogens with zero attached hydrogens (tertiary/aromatic N) is 2. The molecule has 0 bridgehead atoms. The van der Waals surface area contributed by atoms with Crippen LogP contribution in [0.3, 0.4) is 0 Å². The van der Waals surface area contributed by atoms with Crippen LogP contribution in [0.1, 0.15) is 20.7 Å². The number of carbonyl (C=O) groups is 2. The first-order valence-electron chi connectivity index (χ1n) is 7.37. The second-order valence-electron chi connectivity index (χ2n) is 5.36. The van der Waals surface area contributed by atoms with Gasteiger partial charge in [-0.1, -0.05) is 35.5 Å². The van der Waals surface area contributed by atoms with E-state index in [2.05, 4.69) is 9.97 Å². The number of thioether (sulfide) groups is 1. The van der Waals surface area contributed by atoms with Crippen LogP contribution in [0.15, 0.2) is 47.6 Å². The first kappa shape index (κ1) is 15.2. The van der Waals surface area contributed by atoms with E-state index >= 15 is 0 Å². The van der Waals surface area contributed by atoms with Crippen molar-refractivity contribution in [3.63, 3.8) is 0 Å². The van der Waals surface area contributed by atoms with E-state index in [4.69, 9.17) is 11.6 Å². The molecule has 7 heteroatoms. The van der Waals surface area contributed by atoms with Crippen molar-refractivity contribution in [1.82, 2.24) is 14.9 Å². The van der Waals surface area contributed by atoms with E-state index in [0.717, 1.165) is 16.2 Å². The monoisotopic (exact) mass is 357 g/mol. The minimum Gasteiger partial charge on any atom is -0.333 e. The van der Waals surface area contributed by atoms with Gasteiger partial charge in [0.25, 0.3) is 11.8 Å². The maximum absolute atomic E-state index is 12.3. The summed E-state index contributed by atoms with van der Waals surface area (Å²) in [6.07, 6.45) is 0. The molecular weight excluding hydrogens is 346 g/mol. The molecule has 0 unspecified atom stereocenters. The summed E-state index contributed by atoms with van der Waals surface area (Å²) in [6, 6.07) is 12.4. The summed E-state index contributed by atoms with van der Waals surface area (Å²) in [4.78, 5) is 33.5. The molecule has 0 saturated heterocycles. The number of aromatic amines is 1. The van der Waals surface area contributed by atoms with Crippen LogP contribution in [0.4, 0.5) is 0 Å². The first-order valence-corrected chi connectivity index (χ1v) is 8.73. The lowest BCUT2D eigenvalue weighted by atomic mass is 10.1. The van der Waals surface area contributed by atoms with Crippen molar-refractivity contribution in [2.45, 2.75) is 5.16 Å². The van der Waals surface area contributed by atoms with Crippen molar-refractivity contribution in [1.29, 1.82) is 0 Å². The van der Waals surface area contributed by atoms with E-state index in [9.17, 15) is 9.59 Å². The molecule has 2 amide bonds. The zero-order valence-corrected chi connectivity index (χ0v) is 14.0. The molecule has 2 aromatic carbocycles. The molecular formula is C17H12ClN3O2S. The fourth-order valence-corrected chi connectivity index (χ4v) is 3.69. The van der Waals surface area contributed by atoms with Gasteiger partial charge in [0.1, 0.15) is 0 Å². The maximum atomic E-state index is 12.3. The summed E-state index contributed by atoms with van der Waals surface area (Å²) in [5.74, 6) is 0.110. The van der Waals surface area contributed by atoms with E-state index in [0.29, 0.717) is 28.4 Å². The smallest absolute Gasteiger partial charge is 0.261 e. The molecule has 120 valence electrons. The van der Waals surface area contributed by atoms with Gasteiger partial charge in [0, 0.05) is 17.3 Å². The molecule has 1 aliphatic rings. The number of carbonyl (C=O) groups excluding carboxylic acids is 2. The lowest BCUT2D eigenvalue weighted by Gasteiger charge is -2.12. The van der Waals surface area contributed by atoms with Crippen molar-refractivity contribution >= 4 is 46.2 Å². The van der Waals surface area contributed by atoms with Crippen molar-refractivity contribution in [2.24, 2.45) is 0 Å². The van der Waals surface area contributed by atoms with Gasteiger partial charge in [0.15, 0.2) is 5.16 Å². The number of benzene rings is 2. The van der Waals surface area contributed by atoms with Gasteiger partial charge in [-0.15, -0.1) is 0 Å². The summed E-state index contributed by atoms with van der Waals surface area (Å²) in [7, 11) is 0. The standard InChI is InChI=1S/C17H12ClN3O2S/c18-10-5-6-13-14(9-10)20-17(19-13)24-8-7-21-15(22)11-3-1-2-4-12(11)16(21)23/h1-6,9H,7-8H2,(H,19,20). The zero-order chi connectivity index (χ0) is 16.7. The molecule has 3 aromatic rings. The minimum atomic E-state index is -0.229. The highest BCUT2D eigenvalue weighted by atomic mass is 35.5. The number of H-pyrrole nitrogens is 1. The Morgan fingerprint density at radius 3 is 2.50 bits per heavy atom. The molecule has 0 radical (unpaired) electrons. The van der Waals surface area contributed by atoms with E-state index in [1.54, 1.807) is 30.3 Å². The Kier molecular flexibility index (Phi) is 3.78. The Balaban J connectivity index is 1.44. The number of hydrogen-bond donors (Lipinski definition) is 1. The van der Waals surface area contributed by atoms with Gasteiger partial charge >= 0.3 is 0 Å². The SMILES string of the molecule is O=C1c2ccccc2C(=O)N1CCSc1nc2ccc(Cl)cc2[nH]1. The Bertz CT molecular complexity index is 934. The van der Waals surface area contributed by atoms with Gasteiger partial charge in [-0.05, 0) is 30.3 Å². The fourth-order valence-electron chi connectivity index (χ4n) is 2.70. The van der Waals surface area contributed by atoms with Crippen LogP contribution < -0.4 is 0 Å². The summed E-state index contributed by atoms with van der Waals surface area (Å²) >= 11 is 7.42. The second-order valence-corrected chi connectivity index (χ2v) is 6.88. The molecule has 0 atom stereocenters. The van der Waals surface area contributed by atoms with Gasteiger partial charge in [-0.3, -0.25) is 14.5 Å². The van der Waals surface area contributed by atoms with Crippen LogP contribution >= 0.6 is 23.4 Å². The predicted molar refractivity (Wildman–Crippen MR) is 93.6 cm³/mol. The highest BCUT2D eigenvalue weighted by Crippen LogP contribution is 2.25. The van der Waals surface area contributed by atoms with Crippen molar-refractivity contribution < 1.29 is 9.59 Å². The quantitative estimate of drug-likeness (QED) is 0.572. The fraction of sp³-hybridized carbons (Fsp3) is 0.118. The number of rotatable bonds is 4. The normalized spacial score (nSPS) is 13.8. The average molecular weight is 358 g/mol. The number of hydrogen-bond acceptors (Lipinski definition) is 4. The van der Waals surface area contributed by atoms with Crippen LogP contribution in [0.5, 0.6) is 0 Å². The highest BCUT2D eigenvalue weighted by molar-refractivity contribution is 7.99. The Morgan fingerprint density at radius 1 is 1.08 bits per heavy atom. The molecule has 1 aliphatic heterocycles. The van der Waals surface area contributed by atoms with Gasteiger partial charge in [0.2, 0.25) is 0 Å². The maximum Gasteiger partial charge on any atom is 0.261 e. The minimum absolute atomic E-state index is 0.229. The molecule has 0 aliphatic carbocycles. The molecule has 24 heavy (non-hydrogen) atoms. The number of imidazole rings is 1. The Hall–Kier alpha value is -2.31. The van der Waals surface area contributed by atoms with Crippen LogP contribution in [0.25, 0.3) is 11.0 Å². The van der Waals surface area contributed by atoms with Crippen molar-refractivity contribution in [3.05, 3.63) is 58.6 Å². The first-order chi connectivity index (χ1) is 11.6. The van der Waals surface area contributed by atoms with Gasteiger partial charge < -0.3 is 4.98 Å². The number of fused-ring (bicyclic) bond motifs is 2. The molecule has 4 rings (SSSR count). The third-order valence-electron chi connectivity index (χ3n) is 3.85. The zero-order valence-electron chi connectivity index (χ0n) is 12.5. The number of nitrogens with one attached hydrogen (secondary N) is 1. The summed E-state index contributed by atoms with van der Waals surface area (Å²) in [5.41, 5.74) is 2.66. The number of imide groups is 1. The van der Waals surface area contributed by atoms with E-state index in [-0.39, 0.29) is 11.8 Å². The van der Waals surface area contributed by atoms with E-state index < -0.39 is 0 Å². The third-order valence-corrected chi connectivity index (χ3v) is 4.94. The average Bonchev–Trinajstić information content (AvgIpc) is 3.09. The molecule has 0 saturated carbocycles. The van der Waals surface area contributed by atoms with Crippen molar-refractivity contribution in [2.75, 3.05) is 12.3 Å². The lowest BCUT2D eigenvalue weighted by Crippen LogP contribution is -2.31. The molecule has 0 fully saturated rings. The second kappa shape index (κ2) is 5.96. The third kappa shape index (κ3) is 2.57. The van der Waals surface area contributed by atoms with Crippen LogP contribution in [-0.4, -0.2) is 39.0 Å². The lowest BCUT2D eigenvalue weighted by molar-refractivity contribution is 0.0664. The Morgan fingerprint density at radius 2 is 1.79 bits per heavy atom. The topological polar surface area (TPSA) is 66.1 Å². The molecule has 0 spiro atoms. The molecule has 5 nitrogen and oxygen atoms in total. The summed E-state index contributed by atoms with van der Waals surface area (Å²) in [5, 5.41) is 1.39. The molecule has 1 N–H and O–H groups in total. The largest absolute Gasteiger partial charge is 0.333 e. The van der Waals surface area contributed by atoms with Crippen molar-refractivity contribution in [3.8, 4) is 0 Å². The molecule has 1 aromatic heterocycles. The molecule has 2 heterocycles. The Labute approximate surface area is 147 Å².